The van der Waals surface area contributed by atoms with Crippen LogP contribution in [0.3, 0.4) is 0 Å². The molecule has 1 aliphatic heterocycles. The molecule has 1 amide bonds. The fourth-order valence-corrected chi connectivity index (χ4v) is 4.11. The van der Waals surface area contributed by atoms with Crippen LogP contribution in [0.1, 0.15) is 22.0 Å². The second-order valence-electron chi connectivity index (χ2n) is 6.05. The molecule has 0 bridgehead atoms. The van der Waals surface area contributed by atoms with Gasteiger partial charge in [0.15, 0.2) is 16.7 Å². The number of carbonyl (C=O) groups is 2. The SMILES string of the molecule is O=C(C1=C(O)C(=O)N(c2nccs2)C1c1cccc(Cl)c1)c1ccc(Cl)cc1. The van der Waals surface area contributed by atoms with E-state index >= 15 is 0 Å². The molecule has 4 rings (SSSR count). The Bertz CT molecular complexity index is 1090. The van der Waals surface area contributed by atoms with Crippen molar-refractivity contribution in [1.29, 1.82) is 0 Å². The van der Waals surface area contributed by atoms with Crippen LogP contribution in [0.2, 0.25) is 10.0 Å². The van der Waals surface area contributed by atoms with Crippen molar-refractivity contribution in [2.45, 2.75) is 6.04 Å². The van der Waals surface area contributed by atoms with Gasteiger partial charge in [-0.1, -0.05) is 35.3 Å². The quantitative estimate of drug-likeness (QED) is 0.574. The Balaban J connectivity index is 1.87. The molecule has 28 heavy (non-hydrogen) atoms. The molecular weight excluding hydrogens is 419 g/mol. The second-order valence-corrected chi connectivity index (χ2v) is 7.79. The first-order valence-corrected chi connectivity index (χ1v) is 9.83. The van der Waals surface area contributed by atoms with Gasteiger partial charge in [0.2, 0.25) is 0 Å². The fourth-order valence-electron chi connectivity index (χ4n) is 3.12. The zero-order valence-corrected chi connectivity index (χ0v) is 16.5. The molecular formula is C20H12Cl2N2O3S. The van der Waals surface area contributed by atoms with Gasteiger partial charge in [-0.2, -0.15) is 0 Å². The predicted molar refractivity (Wildman–Crippen MR) is 109 cm³/mol. The van der Waals surface area contributed by atoms with E-state index in [1.165, 1.54) is 16.2 Å². The summed E-state index contributed by atoms with van der Waals surface area (Å²) in [4.78, 5) is 31.6. The van der Waals surface area contributed by atoms with Gasteiger partial charge in [0.25, 0.3) is 5.91 Å². The first-order chi connectivity index (χ1) is 13.5. The first-order valence-electron chi connectivity index (χ1n) is 8.19. The van der Waals surface area contributed by atoms with Gasteiger partial charge in [0.1, 0.15) is 0 Å². The highest BCUT2D eigenvalue weighted by Crippen LogP contribution is 2.42. The summed E-state index contributed by atoms with van der Waals surface area (Å²) in [5.74, 6) is -1.75. The topological polar surface area (TPSA) is 70.5 Å². The van der Waals surface area contributed by atoms with Gasteiger partial charge in [0.05, 0.1) is 11.6 Å². The van der Waals surface area contributed by atoms with E-state index in [1.807, 2.05) is 0 Å². The summed E-state index contributed by atoms with van der Waals surface area (Å²) in [7, 11) is 0. The zero-order chi connectivity index (χ0) is 19.8. The normalized spacial score (nSPS) is 16.7. The maximum atomic E-state index is 13.2. The monoisotopic (exact) mass is 430 g/mol. The van der Waals surface area contributed by atoms with E-state index in [-0.39, 0.29) is 5.57 Å². The number of hydrogen-bond donors (Lipinski definition) is 1. The largest absolute Gasteiger partial charge is 0.503 e. The minimum absolute atomic E-state index is 0.0233. The number of carbonyl (C=O) groups excluding carboxylic acids is 2. The van der Waals surface area contributed by atoms with E-state index in [0.717, 1.165) is 0 Å². The number of aromatic nitrogens is 1. The van der Waals surface area contributed by atoms with Crippen LogP contribution < -0.4 is 4.90 Å². The van der Waals surface area contributed by atoms with Crippen molar-refractivity contribution in [2.24, 2.45) is 0 Å². The summed E-state index contributed by atoms with van der Waals surface area (Å²) in [6.45, 7) is 0. The Labute approximate surface area is 174 Å². The van der Waals surface area contributed by atoms with Crippen LogP contribution in [0.5, 0.6) is 0 Å². The van der Waals surface area contributed by atoms with Crippen molar-refractivity contribution in [3.63, 3.8) is 0 Å². The van der Waals surface area contributed by atoms with Gasteiger partial charge in [-0.05, 0) is 42.0 Å². The minimum Gasteiger partial charge on any atom is -0.503 e. The number of aliphatic hydroxyl groups is 1. The number of amides is 1. The van der Waals surface area contributed by atoms with Crippen LogP contribution >= 0.6 is 34.5 Å². The van der Waals surface area contributed by atoms with Crippen molar-refractivity contribution in [3.05, 3.63) is 92.6 Å². The third-order valence-corrected chi connectivity index (χ3v) is 5.61. The number of benzene rings is 2. The summed E-state index contributed by atoms with van der Waals surface area (Å²) >= 11 is 13.3. The van der Waals surface area contributed by atoms with Crippen molar-refractivity contribution in [1.82, 2.24) is 4.98 Å². The van der Waals surface area contributed by atoms with E-state index in [4.69, 9.17) is 23.2 Å². The molecule has 1 aromatic heterocycles. The third kappa shape index (κ3) is 3.20. The molecule has 0 saturated heterocycles. The Hall–Kier alpha value is -2.67. The number of rotatable bonds is 4. The predicted octanol–water partition coefficient (Wildman–Crippen LogP) is 5.23. The number of anilines is 1. The van der Waals surface area contributed by atoms with Gasteiger partial charge in [-0.3, -0.25) is 14.5 Å². The van der Waals surface area contributed by atoms with E-state index in [9.17, 15) is 14.7 Å². The maximum Gasteiger partial charge on any atom is 0.296 e. The number of Topliss-reactive ketones (excluding diaryl/α,β-unsaturated/α-hetero) is 1. The number of hydrogen-bond acceptors (Lipinski definition) is 5. The molecule has 1 atom stereocenters. The molecule has 140 valence electrons. The molecule has 3 aromatic rings. The molecule has 5 nitrogen and oxygen atoms in total. The second kappa shape index (κ2) is 7.39. The lowest BCUT2D eigenvalue weighted by Crippen LogP contribution is -2.30. The number of thiazole rings is 1. The summed E-state index contributed by atoms with van der Waals surface area (Å²) < 4.78 is 0. The van der Waals surface area contributed by atoms with Crippen molar-refractivity contribution in [2.75, 3.05) is 4.90 Å². The van der Waals surface area contributed by atoms with Crippen LogP contribution in [0, 0.1) is 0 Å². The molecule has 0 radical (unpaired) electrons. The fraction of sp³-hybridized carbons (Fsp3) is 0.0500. The maximum absolute atomic E-state index is 13.2. The van der Waals surface area contributed by atoms with E-state index in [2.05, 4.69) is 4.98 Å². The summed E-state index contributed by atoms with van der Waals surface area (Å²) in [6.07, 6.45) is 1.55. The van der Waals surface area contributed by atoms with Gasteiger partial charge in [-0.25, -0.2) is 4.98 Å². The Morgan fingerprint density at radius 1 is 1.11 bits per heavy atom. The highest BCUT2D eigenvalue weighted by Gasteiger charge is 2.45. The molecule has 0 fully saturated rings. The summed E-state index contributed by atoms with van der Waals surface area (Å²) in [5, 5.41) is 13.6. The average molecular weight is 431 g/mol. The molecule has 2 heterocycles. The molecule has 0 saturated carbocycles. The molecule has 1 aliphatic rings. The molecule has 0 aliphatic carbocycles. The molecule has 1 N–H and O–H groups in total. The molecule has 2 aromatic carbocycles. The van der Waals surface area contributed by atoms with Crippen molar-refractivity contribution < 1.29 is 14.7 Å². The van der Waals surface area contributed by atoms with Crippen molar-refractivity contribution >= 4 is 51.4 Å². The number of halogens is 2. The highest BCUT2D eigenvalue weighted by molar-refractivity contribution is 7.13. The van der Waals surface area contributed by atoms with Crippen LogP contribution in [0.15, 0.2) is 71.4 Å². The van der Waals surface area contributed by atoms with Gasteiger partial charge >= 0.3 is 0 Å². The third-order valence-electron chi connectivity index (χ3n) is 4.35. The summed E-state index contributed by atoms with van der Waals surface area (Å²) in [5.41, 5.74) is 0.883. The molecule has 8 heteroatoms. The molecule has 0 spiro atoms. The van der Waals surface area contributed by atoms with Crippen LogP contribution in [-0.2, 0) is 4.79 Å². The van der Waals surface area contributed by atoms with E-state index in [1.54, 1.807) is 60.1 Å². The smallest absolute Gasteiger partial charge is 0.296 e. The molecule has 1 unspecified atom stereocenters. The lowest BCUT2D eigenvalue weighted by atomic mass is 9.93. The number of ketones is 1. The average Bonchev–Trinajstić information content (AvgIpc) is 3.29. The van der Waals surface area contributed by atoms with Gasteiger partial charge < -0.3 is 5.11 Å². The number of aliphatic hydroxyl groups excluding tert-OH is 1. The van der Waals surface area contributed by atoms with Crippen molar-refractivity contribution in [3.8, 4) is 0 Å². The van der Waals surface area contributed by atoms with Crippen LogP contribution in [0.4, 0.5) is 5.13 Å². The zero-order valence-electron chi connectivity index (χ0n) is 14.2. The lowest BCUT2D eigenvalue weighted by molar-refractivity contribution is -0.117. The number of nitrogens with zero attached hydrogens (tertiary/aromatic N) is 2. The lowest BCUT2D eigenvalue weighted by Gasteiger charge is -2.24. The van der Waals surface area contributed by atoms with E-state index in [0.29, 0.717) is 26.3 Å². The Kier molecular flexibility index (Phi) is 4.93. The van der Waals surface area contributed by atoms with E-state index < -0.39 is 23.5 Å². The minimum atomic E-state index is -0.847. The Morgan fingerprint density at radius 2 is 1.86 bits per heavy atom. The Morgan fingerprint density at radius 3 is 2.50 bits per heavy atom. The van der Waals surface area contributed by atoms with Gasteiger partial charge in [-0.15, -0.1) is 11.3 Å². The van der Waals surface area contributed by atoms with Crippen LogP contribution in [0.25, 0.3) is 0 Å². The highest BCUT2D eigenvalue weighted by atomic mass is 35.5. The standard InChI is InChI=1S/C20H12Cl2N2O3S/c21-13-6-4-11(5-7-13)17(25)15-16(12-2-1-3-14(22)10-12)24(19(27)18(15)26)20-23-8-9-28-20/h1-10,16,26H. The van der Waals surface area contributed by atoms with Gasteiger partial charge in [0, 0.05) is 27.2 Å². The van der Waals surface area contributed by atoms with Crippen LogP contribution in [-0.4, -0.2) is 21.8 Å². The first kappa shape index (κ1) is 18.7. The summed E-state index contributed by atoms with van der Waals surface area (Å²) in [6, 6.07) is 12.2.